The van der Waals surface area contributed by atoms with Gasteiger partial charge in [0.1, 0.15) is 5.54 Å². The Kier molecular flexibility index (Phi) is 3.98. The molecule has 0 aromatic carbocycles. The van der Waals surface area contributed by atoms with Crippen LogP contribution in [-0.2, 0) is 19.6 Å². The quantitative estimate of drug-likeness (QED) is 0.653. The smallest absolute Gasteiger partial charge is 0.333 e. The Morgan fingerprint density at radius 2 is 1.84 bits per heavy atom. The van der Waals surface area contributed by atoms with Crippen LogP contribution >= 0.6 is 0 Å². The van der Waals surface area contributed by atoms with Gasteiger partial charge in [0.15, 0.2) is 0 Å². The van der Waals surface area contributed by atoms with E-state index >= 15 is 0 Å². The van der Waals surface area contributed by atoms with Crippen LogP contribution in [0.3, 0.4) is 0 Å². The second-order valence-corrected chi connectivity index (χ2v) is 9.31. The van der Waals surface area contributed by atoms with E-state index in [1.165, 1.54) is 6.08 Å². The summed E-state index contributed by atoms with van der Waals surface area (Å²) in [5.41, 5.74) is -1.91. The third-order valence-corrected chi connectivity index (χ3v) is 7.43. The highest BCUT2D eigenvalue weighted by atomic mass is 32.2. The summed E-state index contributed by atoms with van der Waals surface area (Å²) in [6, 6.07) is 0. The molecule has 0 aliphatic heterocycles. The molecule has 0 radical (unpaired) electrons. The van der Waals surface area contributed by atoms with Gasteiger partial charge < -0.3 is 5.32 Å². The average molecular weight is 380 g/mol. The van der Waals surface area contributed by atoms with Gasteiger partial charge in [-0.05, 0) is 31.6 Å². The predicted molar refractivity (Wildman–Crippen MR) is 81.6 cm³/mol. The molecule has 3 fully saturated rings. The molecule has 0 saturated heterocycles. The van der Waals surface area contributed by atoms with Gasteiger partial charge in [-0.1, -0.05) is 18.9 Å². The topological polar surface area (TPSA) is 92.3 Å². The number of carbonyl (C=O) groups excluding carboxylic acids is 2. The van der Waals surface area contributed by atoms with E-state index < -0.39 is 44.2 Å². The van der Waals surface area contributed by atoms with E-state index in [0.29, 0.717) is 25.2 Å². The third kappa shape index (κ3) is 3.28. The van der Waals surface area contributed by atoms with Gasteiger partial charge in [-0.25, -0.2) is 8.42 Å². The molecule has 2 N–H and O–H groups in total. The largest absolute Gasteiger partial charge is 0.471 e. The summed E-state index contributed by atoms with van der Waals surface area (Å²) < 4.78 is 63.5. The SMILES string of the molecule is C=C[C@@H]1C[C@]1(NC(=O)C(F)(F)F)C(=O)NS(=O)(=O)C1(CC2CC2)CC1. The lowest BCUT2D eigenvalue weighted by Gasteiger charge is -2.22. The van der Waals surface area contributed by atoms with Crippen LogP contribution in [0.5, 0.6) is 0 Å². The van der Waals surface area contributed by atoms with Gasteiger partial charge in [-0.3, -0.25) is 14.3 Å². The molecule has 0 heterocycles. The van der Waals surface area contributed by atoms with Crippen molar-refractivity contribution in [2.45, 2.75) is 55.0 Å². The zero-order valence-electron chi connectivity index (χ0n) is 13.4. The molecule has 3 aliphatic rings. The first kappa shape index (κ1) is 18.2. The Labute approximate surface area is 143 Å². The van der Waals surface area contributed by atoms with Crippen molar-refractivity contribution in [1.82, 2.24) is 10.0 Å². The Bertz CT molecular complexity index is 726. The van der Waals surface area contributed by atoms with Gasteiger partial charge in [0, 0.05) is 5.92 Å². The first-order valence-electron chi connectivity index (χ1n) is 8.04. The van der Waals surface area contributed by atoms with Crippen LogP contribution in [0.25, 0.3) is 0 Å². The number of hydrogen-bond donors (Lipinski definition) is 2. The minimum absolute atomic E-state index is 0.116. The molecule has 3 aliphatic carbocycles. The van der Waals surface area contributed by atoms with Crippen molar-refractivity contribution in [1.29, 1.82) is 0 Å². The number of hydrogen-bond acceptors (Lipinski definition) is 4. The summed E-state index contributed by atoms with van der Waals surface area (Å²) in [6.07, 6.45) is -0.815. The monoisotopic (exact) mass is 380 g/mol. The van der Waals surface area contributed by atoms with Crippen molar-refractivity contribution in [3.8, 4) is 0 Å². The highest BCUT2D eigenvalue weighted by molar-refractivity contribution is 7.91. The number of sulfonamides is 1. The van der Waals surface area contributed by atoms with Crippen molar-refractivity contribution >= 4 is 21.8 Å². The van der Waals surface area contributed by atoms with Gasteiger partial charge >= 0.3 is 12.1 Å². The van der Waals surface area contributed by atoms with Crippen LogP contribution in [0.2, 0.25) is 0 Å². The van der Waals surface area contributed by atoms with Gasteiger partial charge in [0.2, 0.25) is 10.0 Å². The molecule has 140 valence electrons. The Hall–Kier alpha value is -1.58. The number of rotatable bonds is 7. The second-order valence-electron chi connectivity index (χ2n) is 7.23. The molecule has 0 aromatic rings. The molecule has 0 bridgehead atoms. The second kappa shape index (κ2) is 5.46. The standard InChI is InChI=1S/C15H19F3N2O4S/c1-2-10-8-14(10,19-12(22)15(16,17)18)11(21)20-25(23,24)13(5-6-13)7-9-3-4-9/h2,9-10H,1,3-8H2,(H,19,22)(H,20,21)/t10-,14-/m1/s1. The summed E-state index contributed by atoms with van der Waals surface area (Å²) >= 11 is 0. The molecule has 0 aromatic heterocycles. The Balaban J connectivity index is 1.73. The van der Waals surface area contributed by atoms with Crippen molar-refractivity contribution < 1.29 is 31.2 Å². The van der Waals surface area contributed by atoms with Crippen molar-refractivity contribution in [2.75, 3.05) is 0 Å². The van der Waals surface area contributed by atoms with Gasteiger partial charge in [0.25, 0.3) is 5.91 Å². The van der Waals surface area contributed by atoms with Crippen LogP contribution in [0, 0.1) is 11.8 Å². The average Bonchev–Trinajstić information content (AvgIpc) is 3.35. The van der Waals surface area contributed by atoms with Crippen LogP contribution in [0.1, 0.15) is 38.5 Å². The number of alkyl halides is 3. The maximum absolute atomic E-state index is 12.5. The molecule has 0 spiro atoms. The summed E-state index contributed by atoms with van der Waals surface area (Å²) in [5.74, 6) is -3.82. The zero-order valence-corrected chi connectivity index (χ0v) is 14.2. The minimum Gasteiger partial charge on any atom is -0.333 e. The molecule has 0 unspecified atom stereocenters. The lowest BCUT2D eigenvalue weighted by molar-refractivity contribution is -0.175. The number of halogens is 3. The molecular formula is C15H19F3N2O4S. The fraction of sp³-hybridized carbons (Fsp3) is 0.733. The molecule has 2 amide bonds. The van der Waals surface area contributed by atoms with E-state index in [1.54, 1.807) is 5.32 Å². The van der Waals surface area contributed by atoms with E-state index in [9.17, 15) is 31.2 Å². The molecule has 25 heavy (non-hydrogen) atoms. The van der Waals surface area contributed by atoms with Gasteiger partial charge in [0.05, 0.1) is 4.75 Å². The molecule has 2 atom stereocenters. The van der Waals surface area contributed by atoms with E-state index in [0.717, 1.165) is 12.8 Å². The van der Waals surface area contributed by atoms with Crippen molar-refractivity contribution in [3.63, 3.8) is 0 Å². The van der Waals surface area contributed by atoms with Crippen LogP contribution in [0.15, 0.2) is 12.7 Å². The normalized spacial score (nSPS) is 30.3. The summed E-state index contributed by atoms with van der Waals surface area (Å²) in [4.78, 5) is 23.6. The Morgan fingerprint density at radius 1 is 1.24 bits per heavy atom. The summed E-state index contributed by atoms with van der Waals surface area (Å²) in [7, 11) is -4.02. The number of carbonyl (C=O) groups is 2. The highest BCUT2D eigenvalue weighted by Crippen LogP contribution is 2.53. The van der Waals surface area contributed by atoms with Crippen molar-refractivity contribution in [2.24, 2.45) is 11.8 Å². The predicted octanol–water partition coefficient (Wildman–Crippen LogP) is 1.39. The van der Waals surface area contributed by atoms with Crippen LogP contribution in [0.4, 0.5) is 13.2 Å². The molecule has 10 heteroatoms. The lowest BCUT2D eigenvalue weighted by Crippen LogP contribution is -2.56. The maximum atomic E-state index is 12.5. The summed E-state index contributed by atoms with van der Waals surface area (Å²) in [6.45, 7) is 3.41. The molecular weight excluding hydrogens is 361 g/mol. The van der Waals surface area contributed by atoms with E-state index in [1.807, 2.05) is 4.72 Å². The van der Waals surface area contributed by atoms with Gasteiger partial charge in [-0.2, -0.15) is 13.2 Å². The number of amides is 2. The number of nitrogens with one attached hydrogen (secondary N) is 2. The van der Waals surface area contributed by atoms with E-state index in [-0.39, 0.29) is 6.42 Å². The lowest BCUT2D eigenvalue weighted by atomic mass is 10.2. The first-order valence-corrected chi connectivity index (χ1v) is 9.53. The molecule has 3 rings (SSSR count). The fourth-order valence-corrected chi connectivity index (χ4v) is 4.94. The first-order chi connectivity index (χ1) is 11.5. The van der Waals surface area contributed by atoms with Gasteiger partial charge in [-0.15, -0.1) is 6.58 Å². The highest BCUT2D eigenvalue weighted by Gasteiger charge is 2.64. The van der Waals surface area contributed by atoms with E-state index in [2.05, 4.69) is 6.58 Å². The molecule has 6 nitrogen and oxygen atoms in total. The maximum Gasteiger partial charge on any atom is 0.471 e. The van der Waals surface area contributed by atoms with Crippen LogP contribution < -0.4 is 10.0 Å². The fourth-order valence-electron chi connectivity index (χ4n) is 3.20. The van der Waals surface area contributed by atoms with E-state index in [4.69, 9.17) is 0 Å². The van der Waals surface area contributed by atoms with Crippen molar-refractivity contribution in [3.05, 3.63) is 12.7 Å². The van der Waals surface area contributed by atoms with Crippen LogP contribution in [-0.4, -0.2) is 36.7 Å². The zero-order chi connectivity index (χ0) is 18.7. The summed E-state index contributed by atoms with van der Waals surface area (Å²) in [5, 5.41) is 1.64. The minimum atomic E-state index is -5.16. The molecule has 3 saturated carbocycles. The Morgan fingerprint density at radius 3 is 2.24 bits per heavy atom. The third-order valence-electron chi connectivity index (χ3n) is 5.26.